The monoisotopic (exact) mass is 418 g/mol. The summed E-state index contributed by atoms with van der Waals surface area (Å²) >= 11 is 0. The van der Waals surface area contributed by atoms with Crippen LogP contribution >= 0.6 is 0 Å². The largest absolute Gasteiger partial charge is 0.483 e. The number of amides is 1. The van der Waals surface area contributed by atoms with E-state index in [2.05, 4.69) is 0 Å². The fourth-order valence-electron chi connectivity index (χ4n) is 3.60. The lowest BCUT2D eigenvalue weighted by molar-refractivity contribution is -0.137. The molecule has 3 N–H and O–H groups in total. The zero-order valence-electron chi connectivity index (χ0n) is 18.0. The van der Waals surface area contributed by atoms with Crippen LogP contribution in [-0.2, 0) is 9.59 Å². The fourth-order valence-corrected chi connectivity index (χ4v) is 3.60. The summed E-state index contributed by atoms with van der Waals surface area (Å²) in [6.07, 6.45) is 3.05. The first-order valence-corrected chi connectivity index (χ1v) is 10.0. The topological polar surface area (TPSA) is 123 Å². The molecule has 2 heterocycles. The molecular weight excluding hydrogens is 388 g/mol. The second kappa shape index (κ2) is 10.2. The van der Waals surface area contributed by atoms with Crippen LogP contribution in [0.1, 0.15) is 42.9 Å². The number of nitrogens with two attached hydrogens (primary N) is 1. The Morgan fingerprint density at radius 3 is 2.53 bits per heavy atom. The molecule has 1 saturated heterocycles. The van der Waals surface area contributed by atoms with Crippen LogP contribution in [0.2, 0.25) is 0 Å². The second-order valence-electron chi connectivity index (χ2n) is 7.56. The Bertz CT molecular complexity index is 978. The highest BCUT2D eigenvalue weighted by Crippen LogP contribution is 2.31. The van der Waals surface area contributed by atoms with Gasteiger partial charge in [0.25, 0.3) is 11.9 Å². The van der Waals surface area contributed by atoms with Gasteiger partial charge in [-0.05, 0) is 63.3 Å². The van der Waals surface area contributed by atoms with Crippen LogP contribution in [0.15, 0.2) is 21.3 Å². The van der Waals surface area contributed by atoms with E-state index in [0.717, 1.165) is 49.2 Å². The molecule has 8 heteroatoms. The molecule has 0 bridgehead atoms. The maximum Gasteiger partial charge on any atom is 0.339 e. The van der Waals surface area contributed by atoms with E-state index >= 15 is 0 Å². The van der Waals surface area contributed by atoms with E-state index in [1.165, 1.54) is 0 Å². The van der Waals surface area contributed by atoms with Crippen LogP contribution in [0.25, 0.3) is 11.0 Å². The number of fused-ring (bicyclic) bond motifs is 1. The van der Waals surface area contributed by atoms with Crippen molar-refractivity contribution in [2.24, 2.45) is 5.73 Å². The molecule has 8 nitrogen and oxygen atoms in total. The molecule has 1 aromatic carbocycles. The van der Waals surface area contributed by atoms with Gasteiger partial charge in [-0.2, -0.15) is 0 Å². The van der Waals surface area contributed by atoms with Crippen LogP contribution < -0.4 is 16.1 Å². The molecule has 0 radical (unpaired) electrons. The quantitative estimate of drug-likeness (QED) is 0.731. The van der Waals surface area contributed by atoms with Crippen molar-refractivity contribution in [1.82, 2.24) is 4.90 Å². The summed E-state index contributed by atoms with van der Waals surface area (Å²) in [7, 11) is 0. The summed E-state index contributed by atoms with van der Waals surface area (Å²) in [5.41, 5.74) is 8.22. The Hall–Kier alpha value is -2.87. The van der Waals surface area contributed by atoms with Crippen molar-refractivity contribution in [2.75, 3.05) is 19.7 Å². The van der Waals surface area contributed by atoms with Gasteiger partial charge in [-0.1, -0.05) is 0 Å². The van der Waals surface area contributed by atoms with Crippen molar-refractivity contribution in [3.63, 3.8) is 0 Å². The summed E-state index contributed by atoms with van der Waals surface area (Å²) in [5, 5.41) is 8.16. The molecule has 1 atom stereocenters. The Morgan fingerprint density at radius 1 is 1.23 bits per heavy atom. The molecule has 1 amide bonds. The van der Waals surface area contributed by atoms with E-state index in [0.29, 0.717) is 23.4 Å². The fraction of sp³-hybridized carbons (Fsp3) is 0.500. The van der Waals surface area contributed by atoms with Crippen LogP contribution in [0.5, 0.6) is 5.75 Å². The number of piperidine rings is 1. The van der Waals surface area contributed by atoms with Gasteiger partial charge in [-0.25, -0.2) is 4.79 Å². The molecule has 2 aromatic rings. The van der Waals surface area contributed by atoms with Crippen molar-refractivity contribution in [1.29, 1.82) is 0 Å². The van der Waals surface area contributed by atoms with E-state index in [-0.39, 0.29) is 24.2 Å². The number of aryl methyl sites for hydroxylation is 2. The second-order valence-corrected chi connectivity index (χ2v) is 7.56. The first-order chi connectivity index (χ1) is 14.1. The molecule has 1 aromatic heterocycles. The number of rotatable bonds is 4. The zero-order valence-corrected chi connectivity index (χ0v) is 18.0. The third-order valence-corrected chi connectivity index (χ3v) is 5.23. The molecule has 1 aliphatic rings. The minimum atomic E-state index is -0.833. The van der Waals surface area contributed by atoms with E-state index in [4.69, 9.17) is 24.8 Å². The van der Waals surface area contributed by atoms with Gasteiger partial charge in [0.15, 0.2) is 6.61 Å². The normalized spacial score (nSPS) is 16.0. The number of hydrogen-bond acceptors (Lipinski definition) is 6. The van der Waals surface area contributed by atoms with Gasteiger partial charge in [0.1, 0.15) is 11.3 Å². The van der Waals surface area contributed by atoms with Gasteiger partial charge in [0.05, 0.1) is 5.39 Å². The lowest BCUT2D eigenvalue weighted by Crippen LogP contribution is -2.49. The number of carboxylic acid groups (broad SMARTS) is 1. The van der Waals surface area contributed by atoms with Gasteiger partial charge in [-0.3, -0.25) is 9.59 Å². The predicted octanol–water partition coefficient (Wildman–Crippen LogP) is 2.53. The number of nitrogens with zero attached hydrogens (tertiary/aromatic N) is 1. The first-order valence-electron chi connectivity index (χ1n) is 10.0. The lowest BCUT2D eigenvalue weighted by Gasteiger charge is -2.35. The maximum atomic E-state index is 12.6. The van der Waals surface area contributed by atoms with E-state index in [1.807, 2.05) is 30.9 Å². The average molecular weight is 418 g/mol. The Balaban J connectivity index is 0.000000735. The van der Waals surface area contributed by atoms with E-state index < -0.39 is 5.97 Å². The molecule has 164 valence electrons. The van der Waals surface area contributed by atoms with E-state index in [9.17, 15) is 9.59 Å². The summed E-state index contributed by atoms with van der Waals surface area (Å²) in [5.74, 6) is -0.319. The molecule has 0 saturated carbocycles. The Morgan fingerprint density at radius 2 is 1.90 bits per heavy atom. The van der Waals surface area contributed by atoms with Crippen molar-refractivity contribution >= 4 is 22.8 Å². The van der Waals surface area contributed by atoms with E-state index in [1.54, 1.807) is 6.92 Å². The summed E-state index contributed by atoms with van der Waals surface area (Å²) < 4.78 is 11.3. The number of carbonyl (C=O) groups is 2. The van der Waals surface area contributed by atoms with Crippen LogP contribution in [0.4, 0.5) is 0 Å². The summed E-state index contributed by atoms with van der Waals surface area (Å²) in [4.78, 5) is 35.4. The molecule has 0 aliphatic carbocycles. The predicted molar refractivity (Wildman–Crippen MR) is 114 cm³/mol. The summed E-state index contributed by atoms with van der Waals surface area (Å²) in [6, 6.07) is 3.78. The van der Waals surface area contributed by atoms with Crippen molar-refractivity contribution in [3.05, 3.63) is 39.2 Å². The zero-order chi connectivity index (χ0) is 22.4. The smallest absolute Gasteiger partial charge is 0.339 e. The molecule has 30 heavy (non-hydrogen) atoms. The number of carbonyl (C=O) groups excluding carboxylic acids is 1. The first kappa shape index (κ1) is 23.4. The molecule has 3 rings (SSSR count). The number of carboxylic acids is 1. The number of hydrogen-bond donors (Lipinski definition) is 2. The standard InChI is InChI=1S/C20H26N2O4.C2H4O2/c1-12-8-16(19-13(2)14(3)20(24)26-17(19)9-12)25-11-18(23)22-7-5-4-6-15(22)10-21;1-2(3)4/h8-9,15H,4-7,10-11,21H2,1-3H3;1H3,(H,3,4). The van der Waals surface area contributed by atoms with Gasteiger partial charge >= 0.3 is 5.63 Å². The highest BCUT2D eigenvalue weighted by Gasteiger charge is 2.26. The number of aliphatic carboxylic acids is 1. The van der Waals surface area contributed by atoms with Crippen molar-refractivity contribution < 1.29 is 23.8 Å². The molecule has 1 aliphatic heterocycles. The number of benzene rings is 1. The van der Waals surface area contributed by atoms with Crippen LogP contribution in [0, 0.1) is 20.8 Å². The molecule has 1 unspecified atom stereocenters. The van der Waals surface area contributed by atoms with Gasteiger partial charge in [0.2, 0.25) is 0 Å². The minimum Gasteiger partial charge on any atom is -0.483 e. The van der Waals surface area contributed by atoms with Gasteiger partial charge < -0.3 is 24.9 Å². The van der Waals surface area contributed by atoms with Crippen molar-refractivity contribution in [2.45, 2.75) is 53.0 Å². The average Bonchev–Trinajstić information content (AvgIpc) is 2.69. The summed E-state index contributed by atoms with van der Waals surface area (Å²) in [6.45, 7) is 7.74. The van der Waals surface area contributed by atoms with Gasteiger partial charge in [0, 0.05) is 31.6 Å². The maximum absolute atomic E-state index is 12.6. The number of likely N-dealkylation sites (tertiary alicyclic amines) is 1. The molecular formula is C22H30N2O6. The lowest BCUT2D eigenvalue weighted by atomic mass is 10.0. The highest BCUT2D eigenvalue weighted by molar-refractivity contribution is 5.88. The Kier molecular flexibility index (Phi) is 8.00. The number of ether oxygens (including phenoxy) is 1. The third kappa shape index (κ3) is 5.60. The molecule has 0 spiro atoms. The minimum absolute atomic E-state index is 0.0489. The molecule has 1 fully saturated rings. The SMILES string of the molecule is CC(=O)O.Cc1cc(OCC(=O)N2CCCCC2CN)c2c(C)c(C)c(=O)oc2c1. The highest BCUT2D eigenvalue weighted by atomic mass is 16.5. The third-order valence-electron chi connectivity index (χ3n) is 5.23. The Labute approximate surface area is 175 Å². The van der Waals surface area contributed by atoms with Gasteiger partial charge in [-0.15, -0.1) is 0 Å². The van der Waals surface area contributed by atoms with Crippen LogP contribution in [0.3, 0.4) is 0 Å². The van der Waals surface area contributed by atoms with Crippen molar-refractivity contribution in [3.8, 4) is 5.75 Å². The van der Waals surface area contributed by atoms with Crippen LogP contribution in [-0.4, -0.2) is 47.6 Å².